The molecule has 0 unspecified atom stereocenters. The number of rotatable bonds is 4. The summed E-state index contributed by atoms with van der Waals surface area (Å²) in [6, 6.07) is 4.85. The van der Waals surface area contributed by atoms with Gasteiger partial charge in [-0.3, -0.25) is 0 Å². The van der Waals surface area contributed by atoms with Gasteiger partial charge in [-0.25, -0.2) is 13.1 Å². The maximum Gasteiger partial charge on any atom is 0.241 e. The second-order valence-corrected chi connectivity index (χ2v) is 7.72. The van der Waals surface area contributed by atoms with Crippen molar-refractivity contribution in [2.24, 2.45) is 5.92 Å². The van der Waals surface area contributed by atoms with Gasteiger partial charge in [0.05, 0.1) is 4.90 Å². The van der Waals surface area contributed by atoms with Gasteiger partial charge in [0.1, 0.15) is 6.61 Å². The molecule has 0 aromatic heterocycles. The predicted octanol–water partition coefficient (Wildman–Crippen LogP) is 1.81. The van der Waals surface area contributed by atoms with Crippen LogP contribution in [0.4, 0.5) is 0 Å². The lowest BCUT2D eigenvalue weighted by Crippen LogP contribution is -2.45. The van der Waals surface area contributed by atoms with Crippen LogP contribution >= 0.6 is 0 Å². The molecule has 1 saturated carbocycles. The fraction of sp³-hybridized carbons (Fsp3) is 0.500. The van der Waals surface area contributed by atoms with Gasteiger partial charge in [0.15, 0.2) is 0 Å². The van der Waals surface area contributed by atoms with Gasteiger partial charge < -0.3 is 5.11 Å². The first-order chi connectivity index (χ1) is 9.76. The number of benzene rings is 1. The molecule has 4 nitrogen and oxygen atoms in total. The molecule has 0 heterocycles. The molecular formula is C16H21NO3S. The fourth-order valence-electron chi connectivity index (χ4n) is 2.37. The minimum Gasteiger partial charge on any atom is -0.384 e. The first-order valence-electron chi connectivity index (χ1n) is 7.00. The van der Waals surface area contributed by atoms with Crippen LogP contribution in [0, 0.1) is 24.7 Å². The molecule has 0 atom stereocenters. The van der Waals surface area contributed by atoms with Crippen LogP contribution < -0.4 is 4.72 Å². The smallest absolute Gasteiger partial charge is 0.241 e. The van der Waals surface area contributed by atoms with Crippen LogP contribution in [0.5, 0.6) is 0 Å². The van der Waals surface area contributed by atoms with E-state index in [9.17, 15) is 8.42 Å². The molecular weight excluding hydrogens is 286 g/mol. The zero-order valence-corrected chi connectivity index (χ0v) is 13.4. The van der Waals surface area contributed by atoms with Crippen LogP contribution in [0.15, 0.2) is 23.1 Å². The van der Waals surface area contributed by atoms with E-state index in [1.807, 2.05) is 20.8 Å². The summed E-state index contributed by atoms with van der Waals surface area (Å²) in [7, 11) is -3.53. The number of hydrogen-bond donors (Lipinski definition) is 2. The minimum atomic E-state index is -3.53. The number of aliphatic hydroxyl groups excluding tert-OH is 1. The summed E-state index contributed by atoms with van der Waals surface area (Å²) in [5.74, 6) is 5.79. The lowest BCUT2D eigenvalue weighted by atomic mass is 10.0. The van der Waals surface area contributed by atoms with E-state index in [2.05, 4.69) is 16.6 Å². The Morgan fingerprint density at radius 3 is 2.57 bits per heavy atom. The Morgan fingerprint density at radius 1 is 1.38 bits per heavy atom. The molecule has 1 fully saturated rings. The zero-order valence-electron chi connectivity index (χ0n) is 12.6. The van der Waals surface area contributed by atoms with Crippen molar-refractivity contribution in [3.63, 3.8) is 0 Å². The highest BCUT2D eigenvalue weighted by molar-refractivity contribution is 7.89. The lowest BCUT2D eigenvalue weighted by molar-refractivity contribution is 0.350. The minimum absolute atomic E-state index is 0.212. The van der Waals surface area contributed by atoms with Gasteiger partial charge in [-0.05, 0) is 63.3 Å². The van der Waals surface area contributed by atoms with Crippen molar-refractivity contribution in [3.8, 4) is 11.8 Å². The van der Waals surface area contributed by atoms with E-state index >= 15 is 0 Å². The quantitative estimate of drug-likeness (QED) is 0.834. The van der Waals surface area contributed by atoms with Gasteiger partial charge in [-0.1, -0.05) is 11.8 Å². The first-order valence-corrected chi connectivity index (χ1v) is 8.49. The summed E-state index contributed by atoms with van der Waals surface area (Å²) in [5.41, 5.74) is 1.09. The summed E-state index contributed by atoms with van der Waals surface area (Å²) >= 11 is 0. The number of hydrogen-bond acceptors (Lipinski definition) is 3. The predicted molar refractivity (Wildman–Crippen MR) is 82.3 cm³/mol. The summed E-state index contributed by atoms with van der Waals surface area (Å²) in [4.78, 5) is 0.253. The van der Waals surface area contributed by atoms with E-state index in [0.717, 1.165) is 24.0 Å². The van der Waals surface area contributed by atoms with E-state index in [1.54, 1.807) is 18.2 Å². The van der Waals surface area contributed by atoms with Gasteiger partial charge in [-0.15, -0.1) is 0 Å². The van der Waals surface area contributed by atoms with E-state index in [1.165, 1.54) is 0 Å². The van der Waals surface area contributed by atoms with E-state index in [4.69, 9.17) is 5.11 Å². The summed E-state index contributed by atoms with van der Waals surface area (Å²) in [6.07, 6.45) is 2.15. The molecule has 0 aliphatic heterocycles. The Balaban J connectivity index is 2.26. The monoisotopic (exact) mass is 307 g/mol. The Bertz CT molecular complexity index is 692. The first kappa shape index (κ1) is 16.0. The van der Waals surface area contributed by atoms with Crippen LogP contribution in [0.1, 0.15) is 37.8 Å². The van der Waals surface area contributed by atoms with E-state index in [0.29, 0.717) is 5.92 Å². The maximum atomic E-state index is 12.5. The summed E-state index contributed by atoms with van der Waals surface area (Å²) in [5, 5.41) is 8.71. The average molecular weight is 307 g/mol. The third-order valence-corrected chi connectivity index (χ3v) is 5.48. The summed E-state index contributed by atoms with van der Waals surface area (Å²) < 4.78 is 27.7. The Morgan fingerprint density at radius 2 is 2.05 bits per heavy atom. The second kappa shape index (κ2) is 5.80. The molecule has 1 aliphatic rings. The molecule has 2 rings (SSSR count). The van der Waals surface area contributed by atoms with Crippen LogP contribution in [-0.2, 0) is 10.0 Å². The number of aliphatic hydroxyl groups is 1. The molecule has 0 radical (unpaired) electrons. The van der Waals surface area contributed by atoms with Crippen molar-refractivity contribution in [2.75, 3.05) is 6.61 Å². The van der Waals surface area contributed by atoms with Gasteiger partial charge in [0, 0.05) is 11.1 Å². The second-order valence-electron chi connectivity index (χ2n) is 6.04. The molecule has 0 bridgehead atoms. The molecule has 114 valence electrons. The Kier molecular flexibility index (Phi) is 4.43. The van der Waals surface area contributed by atoms with E-state index < -0.39 is 15.6 Å². The highest BCUT2D eigenvalue weighted by Crippen LogP contribution is 2.39. The van der Waals surface area contributed by atoms with Crippen molar-refractivity contribution in [2.45, 2.75) is 44.0 Å². The Hall–Kier alpha value is -1.35. The fourth-order valence-corrected chi connectivity index (χ4v) is 3.93. The Labute approximate surface area is 126 Å². The van der Waals surface area contributed by atoms with Crippen molar-refractivity contribution in [3.05, 3.63) is 29.3 Å². The van der Waals surface area contributed by atoms with Crippen LogP contribution in [0.2, 0.25) is 0 Å². The largest absolute Gasteiger partial charge is 0.384 e. The third kappa shape index (κ3) is 3.85. The van der Waals surface area contributed by atoms with Crippen LogP contribution in [-0.4, -0.2) is 25.7 Å². The number of sulfonamides is 1. The van der Waals surface area contributed by atoms with Gasteiger partial charge in [0.25, 0.3) is 0 Å². The van der Waals surface area contributed by atoms with Crippen LogP contribution in [0.3, 0.4) is 0 Å². The lowest BCUT2D eigenvalue weighted by Gasteiger charge is -2.25. The van der Waals surface area contributed by atoms with Crippen molar-refractivity contribution in [1.82, 2.24) is 4.72 Å². The molecule has 1 aromatic carbocycles. The van der Waals surface area contributed by atoms with Gasteiger partial charge in [0.2, 0.25) is 10.0 Å². The highest BCUT2D eigenvalue weighted by Gasteiger charge is 2.40. The molecule has 0 spiro atoms. The third-order valence-electron chi connectivity index (χ3n) is 3.81. The standard InChI is InChI=1S/C16H21NO3S/c1-12-11-15(9-6-13(12)5-4-10-18)21(19,20)17-16(2,3)14-7-8-14/h6,9,11,14,17-18H,7-8,10H2,1-3H3. The normalized spacial score (nSPS) is 15.4. The van der Waals surface area contributed by atoms with Gasteiger partial charge in [-0.2, -0.15) is 0 Å². The number of nitrogens with one attached hydrogen (secondary N) is 1. The molecule has 5 heteroatoms. The van der Waals surface area contributed by atoms with E-state index in [-0.39, 0.29) is 11.5 Å². The molecule has 0 saturated heterocycles. The average Bonchev–Trinajstić information content (AvgIpc) is 3.20. The van der Waals surface area contributed by atoms with Gasteiger partial charge >= 0.3 is 0 Å². The topological polar surface area (TPSA) is 66.4 Å². The molecule has 2 N–H and O–H groups in total. The molecule has 21 heavy (non-hydrogen) atoms. The molecule has 1 aliphatic carbocycles. The SMILES string of the molecule is Cc1cc(S(=O)(=O)NC(C)(C)C2CC2)ccc1C#CCO. The zero-order chi connectivity index (χ0) is 15.7. The summed E-state index contributed by atoms with van der Waals surface area (Å²) in [6.45, 7) is 5.45. The maximum absolute atomic E-state index is 12.5. The molecule has 1 aromatic rings. The van der Waals surface area contributed by atoms with Crippen molar-refractivity contribution >= 4 is 10.0 Å². The van der Waals surface area contributed by atoms with Crippen LogP contribution in [0.25, 0.3) is 0 Å². The highest BCUT2D eigenvalue weighted by atomic mass is 32.2. The van der Waals surface area contributed by atoms with Crippen molar-refractivity contribution < 1.29 is 13.5 Å². The van der Waals surface area contributed by atoms with Crippen molar-refractivity contribution in [1.29, 1.82) is 0 Å². The number of aryl methyl sites for hydroxylation is 1. The molecule has 0 amide bonds.